The average molecular weight is 404 g/mol. The Bertz CT molecular complexity index is 1170. The molecule has 0 saturated carbocycles. The van der Waals surface area contributed by atoms with E-state index in [2.05, 4.69) is 24.3 Å². The summed E-state index contributed by atoms with van der Waals surface area (Å²) in [4.78, 5) is 4.89. The van der Waals surface area contributed by atoms with Crippen LogP contribution in [0.25, 0.3) is 22.3 Å². The first-order chi connectivity index (χ1) is 14.2. The Hall–Kier alpha value is -3.04. The first kappa shape index (κ1) is 19.3. The number of rotatable bonds is 6. The highest BCUT2D eigenvalue weighted by molar-refractivity contribution is 6.30. The van der Waals surface area contributed by atoms with Gasteiger partial charge < -0.3 is 9.15 Å². The summed E-state index contributed by atoms with van der Waals surface area (Å²) in [5.74, 6) is 1.57. The molecule has 3 aromatic carbocycles. The van der Waals surface area contributed by atoms with Crippen molar-refractivity contribution in [3.05, 3.63) is 94.8 Å². The summed E-state index contributed by atoms with van der Waals surface area (Å²) < 4.78 is 11.8. The summed E-state index contributed by atoms with van der Waals surface area (Å²) in [7, 11) is 0. The topological polar surface area (TPSA) is 34.7 Å². The van der Waals surface area contributed by atoms with Crippen molar-refractivity contribution in [2.45, 2.75) is 13.3 Å². The van der Waals surface area contributed by atoms with Crippen LogP contribution in [-0.4, -0.2) is 13.2 Å². The predicted octanol–water partition coefficient (Wildman–Crippen LogP) is 6.30. The quantitative estimate of drug-likeness (QED) is 0.379. The highest BCUT2D eigenvalue weighted by Gasteiger charge is 2.08. The molecular formula is C25H22ClNO2. The van der Waals surface area contributed by atoms with E-state index in [0.717, 1.165) is 39.8 Å². The Balaban J connectivity index is 1.77. The molecule has 4 rings (SSSR count). The summed E-state index contributed by atoms with van der Waals surface area (Å²) >= 11 is 6.04. The fourth-order valence-corrected chi connectivity index (χ4v) is 3.37. The summed E-state index contributed by atoms with van der Waals surface area (Å²) in [5, 5.41) is 2.54. The van der Waals surface area contributed by atoms with Crippen molar-refractivity contribution < 1.29 is 9.15 Å². The molecule has 146 valence electrons. The SMILES string of the molecule is CCOc1ccc2oc(-c3ccc(Cl)cc3)cc(=NCCc3ccccc3)c2c1. The van der Waals surface area contributed by atoms with E-state index in [1.54, 1.807) is 0 Å². The smallest absolute Gasteiger partial charge is 0.137 e. The van der Waals surface area contributed by atoms with Crippen LogP contribution in [0.5, 0.6) is 5.75 Å². The lowest BCUT2D eigenvalue weighted by Gasteiger charge is -2.08. The zero-order chi connectivity index (χ0) is 20.1. The number of halogens is 1. The van der Waals surface area contributed by atoms with Gasteiger partial charge in [-0.2, -0.15) is 0 Å². The molecule has 3 nitrogen and oxygen atoms in total. The highest BCUT2D eigenvalue weighted by atomic mass is 35.5. The van der Waals surface area contributed by atoms with E-state index in [9.17, 15) is 0 Å². The van der Waals surface area contributed by atoms with Crippen LogP contribution in [-0.2, 0) is 6.42 Å². The minimum atomic E-state index is 0.617. The Morgan fingerprint density at radius 1 is 0.931 bits per heavy atom. The molecule has 1 aromatic heterocycles. The third-order valence-corrected chi connectivity index (χ3v) is 4.93. The molecule has 0 saturated heterocycles. The maximum absolute atomic E-state index is 6.17. The average Bonchev–Trinajstić information content (AvgIpc) is 2.75. The molecule has 0 atom stereocenters. The summed E-state index contributed by atoms with van der Waals surface area (Å²) in [6.07, 6.45) is 0.885. The number of benzene rings is 3. The monoisotopic (exact) mass is 403 g/mol. The molecule has 0 fully saturated rings. The molecule has 0 radical (unpaired) electrons. The van der Waals surface area contributed by atoms with Crippen LogP contribution < -0.4 is 10.1 Å². The van der Waals surface area contributed by atoms with Crippen molar-refractivity contribution in [2.75, 3.05) is 13.2 Å². The zero-order valence-corrected chi connectivity index (χ0v) is 17.0. The second-order valence-corrected chi connectivity index (χ2v) is 7.15. The van der Waals surface area contributed by atoms with Gasteiger partial charge in [0.15, 0.2) is 0 Å². The molecule has 29 heavy (non-hydrogen) atoms. The number of nitrogens with zero attached hydrogens (tertiary/aromatic N) is 1. The van der Waals surface area contributed by atoms with Gasteiger partial charge in [-0.3, -0.25) is 4.99 Å². The molecule has 0 bridgehead atoms. The molecule has 0 aliphatic carbocycles. The van der Waals surface area contributed by atoms with Gasteiger partial charge in [0.05, 0.1) is 12.0 Å². The van der Waals surface area contributed by atoms with E-state index in [-0.39, 0.29) is 0 Å². The van der Waals surface area contributed by atoms with Crippen LogP contribution in [0.3, 0.4) is 0 Å². The van der Waals surface area contributed by atoms with Crippen molar-refractivity contribution in [3.8, 4) is 17.1 Å². The number of fused-ring (bicyclic) bond motifs is 1. The maximum Gasteiger partial charge on any atom is 0.137 e. The van der Waals surface area contributed by atoms with E-state index >= 15 is 0 Å². The van der Waals surface area contributed by atoms with Gasteiger partial charge in [0.2, 0.25) is 0 Å². The van der Waals surface area contributed by atoms with E-state index in [0.29, 0.717) is 18.2 Å². The van der Waals surface area contributed by atoms with Crippen molar-refractivity contribution in [1.29, 1.82) is 0 Å². The molecule has 0 amide bonds. The van der Waals surface area contributed by atoms with Crippen molar-refractivity contribution in [3.63, 3.8) is 0 Å². The molecule has 4 aromatic rings. The standard InChI is InChI=1S/C25H22ClNO2/c1-2-28-21-12-13-24-22(16-21)23(27-15-14-18-6-4-3-5-7-18)17-25(29-24)19-8-10-20(26)11-9-19/h3-13,16-17H,2,14-15H2,1H3. The van der Waals surface area contributed by atoms with Gasteiger partial charge in [0.1, 0.15) is 17.1 Å². The van der Waals surface area contributed by atoms with E-state index in [4.69, 9.17) is 25.7 Å². The van der Waals surface area contributed by atoms with Crippen LogP contribution >= 0.6 is 11.6 Å². The number of ether oxygens (including phenoxy) is 1. The molecule has 0 unspecified atom stereocenters. The minimum Gasteiger partial charge on any atom is -0.494 e. The largest absolute Gasteiger partial charge is 0.494 e. The molecule has 4 heteroatoms. The van der Waals surface area contributed by atoms with Crippen molar-refractivity contribution >= 4 is 22.6 Å². The highest BCUT2D eigenvalue weighted by Crippen LogP contribution is 2.25. The fraction of sp³-hybridized carbons (Fsp3) is 0.160. The first-order valence-corrected chi connectivity index (χ1v) is 10.1. The Kier molecular flexibility index (Phi) is 5.97. The minimum absolute atomic E-state index is 0.617. The molecule has 0 N–H and O–H groups in total. The van der Waals surface area contributed by atoms with E-state index in [1.807, 2.05) is 61.5 Å². The van der Waals surface area contributed by atoms with Gasteiger partial charge in [-0.05, 0) is 61.4 Å². The van der Waals surface area contributed by atoms with Crippen LogP contribution in [0.15, 0.2) is 88.3 Å². The molecule has 0 aliphatic heterocycles. The van der Waals surface area contributed by atoms with E-state index < -0.39 is 0 Å². The third-order valence-electron chi connectivity index (χ3n) is 4.68. The Morgan fingerprint density at radius 3 is 2.48 bits per heavy atom. The van der Waals surface area contributed by atoms with Crippen LogP contribution in [0.1, 0.15) is 12.5 Å². The van der Waals surface area contributed by atoms with Crippen molar-refractivity contribution in [2.24, 2.45) is 4.99 Å². The zero-order valence-electron chi connectivity index (χ0n) is 16.3. The maximum atomic E-state index is 6.17. The van der Waals surface area contributed by atoms with Gasteiger partial charge in [0, 0.05) is 28.6 Å². The molecule has 0 aliphatic rings. The lowest BCUT2D eigenvalue weighted by molar-refractivity contribution is 0.340. The molecule has 0 spiro atoms. The van der Waals surface area contributed by atoms with Gasteiger partial charge in [-0.25, -0.2) is 0 Å². The van der Waals surface area contributed by atoms with Crippen molar-refractivity contribution in [1.82, 2.24) is 0 Å². The molecular weight excluding hydrogens is 382 g/mol. The third kappa shape index (κ3) is 4.69. The van der Waals surface area contributed by atoms with Crippen LogP contribution in [0, 0.1) is 0 Å². The number of hydrogen-bond acceptors (Lipinski definition) is 3. The predicted molar refractivity (Wildman–Crippen MR) is 118 cm³/mol. The Morgan fingerprint density at radius 2 is 1.72 bits per heavy atom. The Labute approximate surface area is 175 Å². The van der Waals surface area contributed by atoms with Gasteiger partial charge in [0.25, 0.3) is 0 Å². The van der Waals surface area contributed by atoms with Gasteiger partial charge in [-0.1, -0.05) is 41.9 Å². The second kappa shape index (κ2) is 8.97. The van der Waals surface area contributed by atoms with Crippen LogP contribution in [0.4, 0.5) is 0 Å². The number of hydrogen-bond donors (Lipinski definition) is 0. The molecule has 1 heterocycles. The summed E-state index contributed by atoms with van der Waals surface area (Å²) in [6.45, 7) is 3.29. The second-order valence-electron chi connectivity index (χ2n) is 6.71. The van der Waals surface area contributed by atoms with Gasteiger partial charge in [-0.15, -0.1) is 0 Å². The first-order valence-electron chi connectivity index (χ1n) is 9.74. The van der Waals surface area contributed by atoms with Gasteiger partial charge >= 0.3 is 0 Å². The summed E-state index contributed by atoms with van der Waals surface area (Å²) in [6, 6.07) is 25.9. The van der Waals surface area contributed by atoms with E-state index in [1.165, 1.54) is 5.56 Å². The normalized spacial score (nSPS) is 11.7. The lowest BCUT2D eigenvalue weighted by atomic mass is 10.1. The lowest BCUT2D eigenvalue weighted by Crippen LogP contribution is -2.06. The van der Waals surface area contributed by atoms with Crippen LogP contribution in [0.2, 0.25) is 5.02 Å². The summed E-state index contributed by atoms with van der Waals surface area (Å²) in [5.41, 5.74) is 3.01. The fourth-order valence-electron chi connectivity index (χ4n) is 3.24.